The molecule has 0 saturated heterocycles. The van der Waals surface area contributed by atoms with Crippen molar-refractivity contribution in [2.45, 2.75) is 130 Å². The van der Waals surface area contributed by atoms with Crippen LogP contribution in [0.15, 0.2) is 42.5 Å². The highest BCUT2D eigenvalue weighted by molar-refractivity contribution is 5.91. The average Bonchev–Trinajstić information content (AvgIpc) is 2.89. The van der Waals surface area contributed by atoms with Crippen molar-refractivity contribution in [2.75, 3.05) is 11.5 Å². The lowest BCUT2D eigenvalue weighted by Crippen LogP contribution is -2.28. The molecule has 0 bridgehead atoms. The second-order valence-corrected chi connectivity index (χ2v) is 11.8. The molecule has 0 spiro atoms. The minimum absolute atomic E-state index is 0.0234. The van der Waals surface area contributed by atoms with Crippen molar-refractivity contribution in [1.82, 2.24) is 0 Å². The maximum absolute atomic E-state index is 12.5. The van der Waals surface area contributed by atoms with Crippen LogP contribution >= 0.6 is 0 Å². The Bertz CT molecular complexity index is 947. The van der Waals surface area contributed by atoms with E-state index >= 15 is 0 Å². The quantitative estimate of drug-likeness (QED) is 0.198. The molecule has 0 aromatic heterocycles. The molecular weight excluding hydrogens is 470 g/mol. The van der Waals surface area contributed by atoms with Crippen LogP contribution < -0.4 is 9.64 Å². The number of aliphatic hydroxyl groups is 1. The van der Waals surface area contributed by atoms with Crippen LogP contribution in [0.1, 0.15) is 128 Å². The summed E-state index contributed by atoms with van der Waals surface area (Å²) in [4.78, 5) is 14.2. The SMILES string of the molecule is CCCCCCCCCCCCCCOc1ccc(CN(C(C)=O)c2cccc(CO)c2)cc1C(C)(C)C. The number of carbonyl (C=O) groups is 1. The van der Waals surface area contributed by atoms with Crippen molar-refractivity contribution < 1.29 is 14.6 Å². The summed E-state index contributed by atoms with van der Waals surface area (Å²) in [7, 11) is 0. The van der Waals surface area contributed by atoms with Crippen LogP contribution in [0.4, 0.5) is 5.69 Å². The van der Waals surface area contributed by atoms with Crippen molar-refractivity contribution in [3.63, 3.8) is 0 Å². The van der Waals surface area contributed by atoms with E-state index in [0.717, 1.165) is 35.6 Å². The van der Waals surface area contributed by atoms with Crippen LogP contribution in [-0.4, -0.2) is 17.6 Å². The van der Waals surface area contributed by atoms with Gasteiger partial charge < -0.3 is 14.7 Å². The molecule has 2 aromatic carbocycles. The fourth-order valence-electron chi connectivity index (χ4n) is 4.90. The Morgan fingerprint density at radius 2 is 1.42 bits per heavy atom. The van der Waals surface area contributed by atoms with Crippen molar-refractivity contribution in [3.8, 4) is 5.75 Å². The van der Waals surface area contributed by atoms with E-state index in [9.17, 15) is 9.90 Å². The third kappa shape index (κ3) is 11.6. The molecule has 0 heterocycles. The number of hydrogen-bond acceptors (Lipinski definition) is 3. The van der Waals surface area contributed by atoms with Gasteiger partial charge in [-0.1, -0.05) is 117 Å². The first-order chi connectivity index (χ1) is 18.3. The van der Waals surface area contributed by atoms with E-state index in [1.165, 1.54) is 76.2 Å². The molecule has 0 saturated carbocycles. The first-order valence-electron chi connectivity index (χ1n) is 15.0. The van der Waals surface area contributed by atoms with Gasteiger partial charge in [0.05, 0.1) is 19.8 Å². The van der Waals surface area contributed by atoms with E-state index in [1.807, 2.05) is 24.3 Å². The van der Waals surface area contributed by atoms with Crippen LogP contribution in [0.5, 0.6) is 5.75 Å². The minimum Gasteiger partial charge on any atom is -0.493 e. The Morgan fingerprint density at radius 3 is 1.97 bits per heavy atom. The number of amides is 1. The molecule has 2 aromatic rings. The topological polar surface area (TPSA) is 49.8 Å². The molecule has 1 N–H and O–H groups in total. The summed E-state index contributed by atoms with van der Waals surface area (Å²) in [6, 6.07) is 13.8. The highest BCUT2D eigenvalue weighted by Crippen LogP contribution is 2.33. The predicted molar refractivity (Wildman–Crippen MR) is 161 cm³/mol. The van der Waals surface area contributed by atoms with Gasteiger partial charge in [-0.05, 0) is 52.8 Å². The van der Waals surface area contributed by atoms with Crippen molar-refractivity contribution in [2.24, 2.45) is 0 Å². The van der Waals surface area contributed by atoms with Crippen LogP contribution in [0.3, 0.4) is 0 Å². The molecule has 2 rings (SSSR count). The van der Waals surface area contributed by atoms with Gasteiger partial charge >= 0.3 is 0 Å². The van der Waals surface area contributed by atoms with E-state index in [1.54, 1.807) is 11.8 Å². The largest absolute Gasteiger partial charge is 0.493 e. The molecule has 0 aliphatic rings. The first kappa shape index (κ1) is 31.9. The Balaban J connectivity index is 1.85. The van der Waals surface area contributed by atoms with Gasteiger partial charge in [0, 0.05) is 12.6 Å². The smallest absolute Gasteiger partial charge is 0.224 e. The Morgan fingerprint density at radius 1 is 0.816 bits per heavy atom. The second kappa shape index (κ2) is 17.3. The van der Waals surface area contributed by atoms with Gasteiger partial charge in [-0.3, -0.25) is 4.79 Å². The molecule has 38 heavy (non-hydrogen) atoms. The van der Waals surface area contributed by atoms with Crippen LogP contribution in [0.25, 0.3) is 0 Å². The lowest BCUT2D eigenvalue weighted by Gasteiger charge is -2.26. The molecular formula is C34H53NO3. The number of hydrogen-bond donors (Lipinski definition) is 1. The average molecular weight is 524 g/mol. The molecule has 0 radical (unpaired) electrons. The maximum Gasteiger partial charge on any atom is 0.224 e. The molecule has 0 aliphatic carbocycles. The molecule has 1 amide bonds. The Hall–Kier alpha value is -2.33. The van der Waals surface area contributed by atoms with Gasteiger partial charge in [0.1, 0.15) is 5.75 Å². The number of anilines is 1. The van der Waals surface area contributed by atoms with E-state index in [4.69, 9.17) is 4.74 Å². The van der Waals surface area contributed by atoms with Gasteiger partial charge in [-0.25, -0.2) is 0 Å². The summed E-state index contributed by atoms with van der Waals surface area (Å²) < 4.78 is 6.27. The molecule has 0 atom stereocenters. The highest BCUT2D eigenvalue weighted by atomic mass is 16.5. The first-order valence-corrected chi connectivity index (χ1v) is 15.0. The van der Waals surface area contributed by atoms with E-state index in [-0.39, 0.29) is 17.9 Å². The molecule has 212 valence electrons. The monoisotopic (exact) mass is 523 g/mol. The van der Waals surface area contributed by atoms with Gasteiger partial charge in [-0.15, -0.1) is 0 Å². The number of aliphatic hydroxyl groups excluding tert-OH is 1. The second-order valence-electron chi connectivity index (χ2n) is 11.8. The molecule has 0 unspecified atom stereocenters. The standard InChI is InChI=1S/C34H53NO3/c1-6-7-8-9-10-11-12-13-14-15-16-17-23-38-33-22-21-29(25-32(33)34(3,4)5)26-35(28(2)37)31-20-18-19-30(24-31)27-36/h18-22,24-25,36H,6-17,23,26-27H2,1-5H3. The number of rotatable bonds is 18. The fraction of sp³-hybridized carbons (Fsp3) is 0.618. The zero-order valence-corrected chi connectivity index (χ0v) is 24.9. The number of ether oxygens (including phenoxy) is 1. The minimum atomic E-state index is -0.0697. The van der Waals surface area contributed by atoms with Gasteiger partial charge in [0.2, 0.25) is 5.91 Å². The number of benzene rings is 2. The lowest BCUT2D eigenvalue weighted by molar-refractivity contribution is -0.116. The van der Waals surface area contributed by atoms with Gasteiger partial charge in [0.25, 0.3) is 0 Å². The molecule has 4 nitrogen and oxygen atoms in total. The summed E-state index contributed by atoms with van der Waals surface area (Å²) >= 11 is 0. The number of nitrogens with zero attached hydrogens (tertiary/aromatic N) is 1. The fourth-order valence-corrected chi connectivity index (χ4v) is 4.90. The van der Waals surface area contributed by atoms with Gasteiger partial charge in [0.15, 0.2) is 0 Å². The summed E-state index contributed by atoms with van der Waals surface area (Å²) in [5, 5.41) is 9.50. The van der Waals surface area contributed by atoms with Crippen molar-refractivity contribution in [1.29, 1.82) is 0 Å². The van der Waals surface area contributed by atoms with Crippen LogP contribution in [0.2, 0.25) is 0 Å². The summed E-state index contributed by atoms with van der Waals surface area (Å²) in [5.74, 6) is 0.922. The third-order valence-corrected chi connectivity index (χ3v) is 7.23. The highest BCUT2D eigenvalue weighted by Gasteiger charge is 2.21. The Labute approximate surface area is 232 Å². The van der Waals surface area contributed by atoms with Crippen LogP contribution in [0, 0.1) is 0 Å². The zero-order valence-electron chi connectivity index (χ0n) is 24.9. The Kier molecular flexibility index (Phi) is 14.5. The number of carbonyl (C=O) groups excluding carboxylic acids is 1. The van der Waals surface area contributed by atoms with Crippen LogP contribution in [-0.2, 0) is 23.4 Å². The maximum atomic E-state index is 12.5. The summed E-state index contributed by atoms with van der Waals surface area (Å²) in [6.45, 7) is 11.7. The molecule has 4 heteroatoms. The summed E-state index contributed by atoms with van der Waals surface area (Å²) in [6.07, 6.45) is 16.0. The van der Waals surface area contributed by atoms with E-state index in [2.05, 4.69) is 45.9 Å². The number of unbranched alkanes of at least 4 members (excludes halogenated alkanes) is 11. The zero-order chi connectivity index (χ0) is 27.8. The summed E-state index contributed by atoms with van der Waals surface area (Å²) in [5.41, 5.74) is 3.76. The van der Waals surface area contributed by atoms with E-state index in [0.29, 0.717) is 6.54 Å². The predicted octanol–water partition coefficient (Wildman–Crippen LogP) is 9.11. The van der Waals surface area contributed by atoms with E-state index < -0.39 is 0 Å². The van der Waals surface area contributed by atoms with Gasteiger partial charge in [-0.2, -0.15) is 0 Å². The normalized spacial score (nSPS) is 11.5. The molecule has 0 aliphatic heterocycles. The molecule has 0 fully saturated rings. The third-order valence-electron chi connectivity index (χ3n) is 7.23. The lowest BCUT2D eigenvalue weighted by atomic mass is 9.85. The van der Waals surface area contributed by atoms with Crippen molar-refractivity contribution in [3.05, 3.63) is 59.2 Å². The van der Waals surface area contributed by atoms with Crippen molar-refractivity contribution >= 4 is 11.6 Å².